The van der Waals surface area contributed by atoms with Crippen LogP contribution < -0.4 is 10.6 Å². The Labute approximate surface area is 177 Å². The number of hydrogen-bond donors (Lipinski definition) is 2. The summed E-state index contributed by atoms with van der Waals surface area (Å²) < 4.78 is 0. The van der Waals surface area contributed by atoms with Crippen molar-refractivity contribution in [2.24, 2.45) is 10.9 Å². The van der Waals surface area contributed by atoms with Gasteiger partial charge in [0.15, 0.2) is 5.96 Å². The fourth-order valence-corrected chi connectivity index (χ4v) is 3.38. The van der Waals surface area contributed by atoms with E-state index >= 15 is 0 Å². The van der Waals surface area contributed by atoms with Crippen molar-refractivity contribution in [2.75, 3.05) is 40.3 Å². The molecule has 0 fully saturated rings. The molecule has 0 aliphatic rings. The normalized spacial score (nSPS) is 12.9. The zero-order valence-corrected chi connectivity index (χ0v) is 19.5. The molecule has 0 heterocycles. The van der Waals surface area contributed by atoms with Crippen LogP contribution in [0.3, 0.4) is 0 Å². The summed E-state index contributed by atoms with van der Waals surface area (Å²) in [6.07, 6.45) is 1.16. The molecule has 164 valence electrons. The lowest BCUT2D eigenvalue weighted by Crippen LogP contribution is -2.47. The second-order valence-corrected chi connectivity index (χ2v) is 7.98. The van der Waals surface area contributed by atoms with Crippen LogP contribution in [0.2, 0.25) is 0 Å². The van der Waals surface area contributed by atoms with Crippen molar-refractivity contribution < 1.29 is 4.79 Å². The van der Waals surface area contributed by atoms with Crippen molar-refractivity contribution in [2.45, 2.75) is 53.6 Å². The first-order valence-electron chi connectivity index (χ1n) is 10.9. The predicted octanol–water partition coefficient (Wildman–Crippen LogP) is 3.20. The van der Waals surface area contributed by atoms with Gasteiger partial charge in [-0.3, -0.25) is 9.69 Å². The van der Waals surface area contributed by atoms with Gasteiger partial charge in [0, 0.05) is 38.8 Å². The first-order chi connectivity index (χ1) is 13.8. The maximum atomic E-state index is 12.0. The Bertz CT molecular complexity index is 621. The Balaban J connectivity index is 2.77. The van der Waals surface area contributed by atoms with Gasteiger partial charge in [-0.05, 0) is 50.0 Å². The van der Waals surface area contributed by atoms with Gasteiger partial charge in [-0.1, -0.05) is 39.8 Å². The summed E-state index contributed by atoms with van der Waals surface area (Å²) in [6, 6.07) is 8.17. The van der Waals surface area contributed by atoms with Crippen molar-refractivity contribution in [3.8, 4) is 0 Å². The molecule has 1 amide bonds. The average Bonchev–Trinajstić information content (AvgIpc) is 2.70. The summed E-state index contributed by atoms with van der Waals surface area (Å²) >= 11 is 0. The molecular formula is C23H41N5O. The lowest BCUT2D eigenvalue weighted by atomic mass is 10.0. The Hall–Kier alpha value is -2.08. The van der Waals surface area contributed by atoms with E-state index in [1.54, 1.807) is 19.0 Å². The second-order valence-electron chi connectivity index (χ2n) is 7.98. The monoisotopic (exact) mass is 403 g/mol. The van der Waals surface area contributed by atoms with Crippen molar-refractivity contribution in [1.29, 1.82) is 0 Å². The molecule has 0 spiro atoms. The number of amides is 1. The highest BCUT2D eigenvalue weighted by molar-refractivity contribution is 5.93. The summed E-state index contributed by atoms with van der Waals surface area (Å²) in [5.41, 5.74) is 1.78. The third-order valence-electron chi connectivity index (χ3n) is 4.95. The van der Waals surface area contributed by atoms with Gasteiger partial charge in [0.2, 0.25) is 0 Å². The Kier molecular flexibility index (Phi) is 11.4. The number of likely N-dealkylation sites (N-methyl/N-ethyl adjacent to an activating group) is 1. The number of guanidine groups is 1. The van der Waals surface area contributed by atoms with Gasteiger partial charge in [0.25, 0.3) is 5.91 Å². The summed E-state index contributed by atoms with van der Waals surface area (Å²) in [4.78, 5) is 20.8. The zero-order chi connectivity index (χ0) is 21.8. The van der Waals surface area contributed by atoms with Gasteiger partial charge in [-0.25, -0.2) is 4.99 Å². The van der Waals surface area contributed by atoms with Gasteiger partial charge in [-0.15, -0.1) is 0 Å². The van der Waals surface area contributed by atoms with Crippen LogP contribution in [0, 0.1) is 5.92 Å². The molecule has 1 aromatic rings. The number of carbonyl (C=O) groups excluding carboxylic acids is 1. The minimum Gasteiger partial charge on any atom is -0.357 e. The molecule has 6 nitrogen and oxygen atoms in total. The number of benzene rings is 1. The van der Waals surface area contributed by atoms with Crippen molar-refractivity contribution >= 4 is 11.9 Å². The molecular weight excluding hydrogens is 362 g/mol. The molecule has 1 aromatic carbocycles. The molecule has 0 aromatic heterocycles. The predicted molar refractivity (Wildman–Crippen MR) is 123 cm³/mol. The topological polar surface area (TPSA) is 60.0 Å². The second kappa shape index (κ2) is 13.2. The smallest absolute Gasteiger partial charge is 0.253 e. The molecule has 0 radical (unpaired) electrons. The molecule has 1 rings (SSSR count). The zero-order valence-electron chi connectivity index (χ0n) is 19.5. The Morgan fingerprint density at radius 1 is 1.03 bits per heavy atom. The van der Waals surface area contributed by atoms with Crippen molar-refractivity contribution in [1.82, 2.24) is 20.4 Å². The van der Waals surface area contributed by atoms with Crippen LogP contribution in [-0.2, 0) is 6.54 Å². The molecule has 0 saturated carbocycles. The molecule has 0 bridgehead atoms. The van der Waals surface area contributed by atoms with Gasteiger partial charge < -0.3 is 15.5 Å². The minimum atomic E-state index is 0.0163. The van der Waals surface area contributed by atoms with Crippen LogP contribution in [0.25, 0.3) is 0 Å². The van der Waals surface area contributed by atoms with E-state index in [0.717, 1.165) is 44.1 Å². The van der Waals surface area contributed by atoms with Gasteiger partial charge in [0.1, 0.15) is 0 Å². The molecule has 29 heavy (non-hydrogen) atoms. The van der Waals surface area contributed by atoms with Crippen LogP contribution in [0.1, 0.15) is 57.0 Å². The SMILES string of the molecule is CCNC(=NCc1ccc(C(=O)N(C)C)cc1)NCC(CC(C)C)N(CC)CC. The standard InChI is InChI=1S/C23H41N5O/c1-8-24-23(26-17-21(15-18(4)5)28(9-2)10-3)25-16-19-11-13-20(14-12-19)22(29)27(6)7/h11-14,18,21H,8-10,15-17H2,1-7H3,(H2,24,25,26). The van der Waals surface area contributed by atoms with Crippen LogP contribution in [0.5, 0.6) is 0 Å². The fraction of sp³-hybridized carbons (Fsp3) is 0.652. The summed E-state index contributed by atoms with van der Waals surface area (Å²) in [7, 11) is 3.53. The van der Waals surface area contributed by atoms with E-state index in [4.69, 9.17) is 4.99 Å². The highest BCUT2D eigenvalue weighted by Crippen LogP contribution is 2.11. The van der Waals surface area contributed by atoms with E-state index in [1.165, 1.54) is 0 Å². The van der Waals surface area contributed by atoms with E-state index in [9.17, 15) is 4.79 Å². The van der Waals surface area contributed by atoms with Crippen LogP contribution >= 0.6 is 0 Å². The van der Waals surface area contributed by atoms with Crippen molar-refractivity contribution in [3.63, 3.8) is 0 Å². The molecule has 0 aliphatic carbocycles. The highest BCUT2D eigenvalue weighted by atomic mass is 16.2. The van der Waals surface area contributed by atoms with Gasteiger partial charge in [-0.2, -0.15) is 0 Å². The van der Waals surface area contributed by atoms with Crippen LogP contribution in [0.4, 0.5) is 0 Å². The van der Waals surface area contributed by atoms with Crippen LogP contribution in [0.15, 0.2) is 29.3 Å². The fourth-order valence-electron chi connectivity index (χ4n) is 3.38. The number of aliphatic imine (C=N–C) groups is 1. The molecule has 0 saturated heterocycles. The Morgan fingerprint density at radius 2 is 1.66 bits per heavy atom. The molecule has 0 aliphatic heterocycles. The number of nitrogens with one attached hydrogen (secondary N) is 2. The summed E-state index contributed by atoms with van der Waals surface area (Å²) in [5, 5.41) is 6.87. The van der Waals surface area contributed by atoms with E-state index in [0.29, 0.717) is 24.1 Å². The number of nitrogens with zero attached hydrogens (tertiary/aromatic N) is 3. The summed E-state index contributed by atoms with van der Waals surface area (Å²) in [5.74, 6) is 1.51. The number of rotatable bonds is 11. The molecule has 6 heteroatoms. The van der Waals surface area contributed by atoms with Crippen LogP contribution in [-0.4, -0.2) is 68.0 Å². The third-order valence-corrected chi connectivity index (χ3v) is 4.95. The Morgan fingerprint density at radius 3 is 2.14 bits per heavy atom. The minimum absolute atomic E-state index is 0.0163. The molecule has 1 atom stereocenters. The quantitative estimate of drug-likeness (QED) is 0.440. The van der Waals surface area contributed by atoms with E-state index < -0.39 is 0 Å². The van der Waals surface area contributed by atoms with E-state index in [2.05, 4.69) is 50.2 Å². The van der Waals surface area contributed by atoms with Gasteiger partial charge in [0.05, 0.1) is 6.54 Å². The maximum absolute atomic E-state index is 12.0. The lowest BCUT2D eigenvalue weighted by molar-refractivity contribution is 0.0827. The maximum Gasteiger partial charge on any atom is 0.253 e. The average molecular weight is 404 g/mol. The molecule has 2 N–H and O–H groups in total. The van der Waals surface area contributed by atoms with E-state index in [-0.39, 0.29) is 5.91 Å². The summed E-state index contributed by atoms with van der Waals surface area (Å²) in [6.45, 7) is 15.5. The largest absolute Gasteiger partial charge is 0.357 e. The highest BCUT2D eigenvalue weighted by Gasteiger charge is 2.17. The first-order valence-corrected chi connectivity index (χ1v) is 10.9. The third kappa shape index (κ3) is 8.86. The lowest BCUT2D eigenvalue weighted by Gasteiger charge is -2.31. The van der Waals surface area contributed by atoms with Crippen molar-refractivity contribution in [3.05, 3.63) is 35.4 Å². The van der Waals surface area contributed by atoms with Gasteiger partial charge >= 0.3 is 0 Å². The number of hydrogen-bond acceptors (Lipinski definition) is 3. The molecule has 1 unspecified atom stereocenters. The number of carbonyl (C=O) groups is 1. The first kappa shape index (κ1) is 25.0. The van der Waals surface area contributed by atoms with E-state index in [1.807, 2.05) is 24.3 Å².